The number of carbonyl (C=O) groups is 1. The molecule has 0 amide bonds. The van der Waals surface area contributed by atoms with Gasteiger partial charge in [0.1, 0.15) is 29.4 Å². The second-order valence-corrected chi connectivity index (χ2v) is 8.19. The van der Waals surface area contributed by atoms with E-state index in [1.165, 1.54) is 0 Å². The molecule has 1 heterocycles. The monoisotopic (exact) mass is 466 g/mol. The maximum atomic E-state index is 12.2. The number of nitrogens with two attached hydrogens (primary N) is 1. The SMILES string of the molecule is COc1ccc(Oc2ccnc3cc(OCCC(N)C(=O)OC4CCCC4)c(OC)cc23)cc1. The summed E-state index contributed by atoms with van der Waals surface area (Å²) in [6.45, 7) is 0.241. The van der Waals surface area contributed by atoms with Crippen LogP contribution in [0, 0.1) is 0 Å². The van der Waals surface area contributed by atoms with Crippen molar-refractivity contribution < 1.29 is 28.5 Å². The molecule has 0 bridgehead atoms. The number of benzene rings is 2. The fraction of sp³-hybridized carbons (Fsp3) is 0.385. The lowest BCUT2D eigenvalue weighted by molar-refractivity contribution is -0.150. The van der Waals surface area contributed by atoms with Crippen molar-refractivity contribution in [3.8, 4) is 28.7 Å². The molecular formula is C26H30N2O6. The van der Waals surface area contributed by atoms with Crippen LogP contribution in [0.25, 0.3) is 10.9 Å². The van der Waals surface area contributed by atoms with Crippen LogP contribution in [0.15, 0.2) is 48.7 Å². The van der Waals surface area contributed by atoms with Gasteiger partial charge >= 0.3 is 5.97 Å². The van der Waals surface area contributed by atoms with Crippen molar-refractivity contribution in [2.75, 3.05) is 20.8 Å². The first kappa shape index (κ1) is 23.6. The lowest BCUT2D eigenvalue weighted by Crippen LogP contribution is -2.35. The minimum Gasteiger partial charge on any atom is -0.497 e. The summed E-state index contributed by atoms with van der Waals surface area (Å²) in [5.41, 5.74) is 6.70. The molecule has 2 N–H and O–H groups in total. The number of methoxy groups -OCH3 is 2. The van der Waals surface area contributed by atoms with E-state index in [0.29, 0.717) is 34.9 Å². The van der Waals surface area contributed by atoms with Crippen molar-refractivity contribution in [2.24, 2.45) is 5.73 Å². The van der Waals surface area contributed by atoms with Crippen LogP contribution in [0.1, 0.15) is 32.1 Å². The minimum atomic E-state index is -0.727. The van der Waals surface area contributed by atoms with Gasteiger partial charge in [-0.1, -0.05) is 0 Å². The molecule has 1 aliphatic carbocycles. The molecule has 8 nitrogen and oxygen atoms in total. The zero-order valence-electron chi connectivity index (χ0n) is 19.5. The highest BCUT2D eigenvalue weighted by Crippen LogP contribution is 2.37. The van der Waals surface area contributed by atoms with Gasteiger partial charge < -0.3 is 29.4 Å². The molecule has 1 fully saturated rings. The van der Waals surface area contributed by atoms with Crippen molar-refractivity contribution in [3.05, 3.63) is 48.7 Å². The van der Waals surface area contributed by atoms with Crippen LogP contribution in [0.4, 0.5) is 0 Å². The van der Waals surface area contributed by atoms with Crippen molar-refractivity contribution >= 4 is 16.9 Å². The Morgan fingerprint density at radius 2 is 1.74 bits per heavy atom. The van der Waals surface area contributed by atoms with E-state index in [-0.39, 0.29) is 18.7 Å². The third kappa shape index (κ3) is 5.69. The minimum absolute atomic E-state index is 0.000421. The number of rotatable bonds is 10. The summed E-state index contributed by atoms with van der Waals surface area (Å²) in [6.07, 6.45) is 6.03. The van der Waals surface area contributed by atoms with Crippen LogP contribution in [-0.4, -0.2) is 43.9 Å². The van der Waals surface area contributed by atoms with Crippen molar-refractivity contribution in [1.29, 1.82) is 0 Å². The Kier molecular flexibility index (Phi) is 7.69. The Balaban J connectivity index is 1.43. The van der Waals surface area contributed by atoms with E-state index in [0.717, 1.165) is 36.8 Å². The van der Waals surface area contributed by atoms with E-state index >= 15 is 0 Å². The fourth-order valence-electron chi connectivity index (χ4n) is 3.93. The average molecular weight is 467 g/mol. The van der Waals surface area contributed by atoms with Crippen LogP contribution >= 0.6 is 0 Å². The number of carbonyl (C=O) groups excluding carboxylic acids is 1. The molecule has 1 aliphatic rings. The highest BCUT2D eigenvalue weighted by molar-refractivity contribution is 5.88. The second-order valence-electron chi connectivity index (χ2n) is 8.19. The molecule has 1 saturated carbocycles. The quantitative estimate of drug-likeness (QED) is 0.432. The molecule has 34 heavy (non-hydrogen) atoms. The van der Waals surface area contributed by atoms with E-state index in [4.69, 9.17) is 29.4 Å². The van der Waals surface area contributed by atoms with Crippen molar-refractivity contribution in [3.63, 3.8) is 0 Å². The van der Waals surface area contributed by atoms with E-state index in [1.54, 1.807) is 32.5 Å². The summed E-state index contributed by atoms with van der Waals surface area (Å²) < 4.78 is 28.2. The first-order valence-electron chi connectivity index (χ1n) is 11.4. The highest BCUT2D eigenvalue weighted by atomic mass is 16.5. The standard InChI is InChI=1S/C26H30N2O6/c1-30-17-7-9-19(10-8-17)33-23-11-13-28-22-16-25(24(31-2)15-20(22)23)32-14-12-21(27)26(29)34-18-5-3-4-6-18/h7-11,13,15-16,18,21H,3-6,12,14,27H2,1-2H3. The van der Waals surface area contributed by atoms with Gasteiger partial charge in [-0.2, -0.15) is 0 Å². The maximum absolute atomic E-state index is 12.2. The highest BCUT2D eigenvalue weighted by Gasteiger charge is 2.23. The number of esters is 1. The molecule has 8 heteroatoms. The van der Waals surface area contributed by atoms with Gasteiger partial charge in [-0.3, -0.25) is 9.78 Å². The molecule has 180 valence electrons. The van der Waals surface area contributed by atoms with Gasteiger partial charge in [-0.25, -0.2) is 0 Å². The predicted molar refractivity (Wildman–Crippen MR) is 128 cm³/mol. The van der Waals surface area contributed by atoms with Gasteiger partial charge in [0.25, 0.3) is 0 Å². The smallest absolute Gasteiger partial charge is 0.323 e. The number of nitrogens with zero attached hydrogens (tertiary/aromatic N) is 1. The molecule has 3 aromatic rings. The number of aromatic nitrogens is 1. The van der Waals surface area contributed by atoms with E-state index in [1.807, 2.05) is 30.3 Å². The molecule has 2 aromatic carbocycles. The summed E-state index contributed by atoms with van der Waals surface area (Å²) in [5, 5.41) is 0.777. The lowest BCUT2D eigenvalue weighted by Gasteiger charge is -2.17. The molecule has 1 unspecified atom stereocenters. The number of fused-ring (bicyclic) bond motifs is 1. The number of hydrogen-bond acceptors (Lipinski definition) is 8. The van der Waals surface area contributed by atoms with Crippen LogP contribution < -0.4 is 24.7 Å². The van der Waals surface area contributed by atoms with E-state index < -0.39 is 6.04 Å². The third-order valence-corrected chi connectivity index (χ3v) is 5.85. The number of pyridine rings is 1. The van der Waals surface area contributed by atoms with Crippen LogP contribution in [-0.2, 0) is 9.53 Å². The van der Waals surface area contributed by atoms with Crippen LogP contribution in [0.5, 0.6) is 28.7 Å². The molecule has 1 aromatic heterocycles. The van der Waals surface area contributed by atoms with Crippen LogP contribution in [0.2, 0.25) is 0 Å². The Hall–Kier alpha value is -3.52. The predicted octanol–water partition coefficient (Wildman–Crippen LogP) is 4.63. The van der Waals surface area contributed by atoms with Gasteiger partial charge in [-0.15, -0.1) is 0 Å². The summed E-state index contributed by atoms with van der Waals surface area (Å²) in [4.78, 5) is 16.6. The van der Waals surface area contributed by atoms with Gasteiger partial charge in [0.15, 0.2) is 11.5 Å². The molecule has 0 spiro atoms. The topological polar surface area (TPSA) is 102 Å². The molecule has 0 saturated heterocycles. The van der Waals surface area contributed by atoms with Gasteiger partial charge in [0, 0.05) is 24.1 Å². The lowest BCUT2D eigenvalue weighted by atomic mass is 10.1. The largest absolute Gasteiger partial charge is 0.497 e. The summed E-state index contributed by atoms with van der Waals surface area (Å²) in [7, 11) is 3.19. The summed E-state index contributed by atoms with van der Waals surface area (Å²) in [6, 6.07) is 12.0. The van der Waals surface area contributed by atoms with E-state index in [2.05, 4.69) is 4.98 Å². The molecule has 0 aliphatic heterocycles. The Bertz CT molecular complexity index is 1110. The number of ether oxygens (including phenoxy) is 5. The second kappa shape index (κ2) is 11.1. The first-order valence-corrected chi connectivity index (χ1v) is 11.4. The van der Waals surface area contributed by atoms with Crippen LogP contribution in [0.3, 0.4) is 0 Å². The molecular weight excluding hydrogens is 436 g/mol. The zero-order chi connectivity index (χ0) is 23.9. The average Bonchev–Trinajstić information content (AvgIpc) is 3.37. The molecule has 1 atom stereocenters. The third-order valence-electron chi connectivity index (χ3n) is 5.85. The summed E-state index contributed by atoms with van der Waals surface area (Å²) >= 11 is 0. The van der Waals surface area contributed by atoms with Crippen molar-refractivity contribution in [1.82, 2.24) is 4.98 Å². The Labute approximate surface area is 198 Å². The van der Waals surface area contributed by atoms with E-state index in [9.17, 15) is 4.79 Å². The Morgan fingerprint density at radius 3 is 2.44 bits per heavy atom. The van der Waals surface area contributed by atoms with Crippen molar-refractivity contribution in [2.45, 2.75) is 44.2 Å². The fourth-order valence-corrected chi connectivity index (χ4v) is 3.93. The summed E-state index contributed by atoms with van der Waals surface area (Å²) in [5.74, 6) is 2.73. The maximum Gasteiger partial charge on any atom is 0.323 e. The zero-order valence-corrected chi connectivity index (χ0v) is 19.5. The van der Waals surface area contributed by atoms with Gasteiger partial charge in [0.2, 0.25) is 0 Å². The van der Waals surface area contributed by atoms with Gasteiger partial charge in [0.05, 0.1) is 26.3 Å². The van der Waals surface area contributed by atoms with Gasteiger partial charge in [-0.05, 0) is 62.1 Å². The number of hydrogen-bond donors (Lipinski definition) is 1. The first-order chi connectivity index (χ1) is 16.6. The Morgan fingerprint density at radius 1 is 1.00 bits per heavy atom. The molecule has 0 radical (unpaired) electrons. The molecule has 4 rings (SSSR count). The normalized spacial score (nSPS) is 14.6.